The van der Waals surface area contributed by atoms with Gasteiger partial charge in [-0.1, -0.05) is 19.8 Å². The first-order valence-corrected chi connectivity index (χ1v) is 10.9. The molecule has 1 aromatic rings. The molecule has 0 bridgehead atoms. The van der Waals surface area contributed by atoms with Crippen molar-refractivity contribution in [1.29, 1.82) is 0 Å². The van der Waals surface area contributed by atoms with E-state index in [9.17, 15) is 18.4 Å². The number of rotatable bonds is 7. The monoisotopic (exact) mass is 406 g/mol. The van der Waals surface area contributed by atoms with Crippen molar-refractivity contribution in [1.82, 2.24) is 4.90 Å². The average molecular weight is 407 g/mol. The van der Waals surface area contributed by atoms with Crippen LogP contribution in [-0.4, -0.2) is 36.2 Å². The number of nitrogens with two attached hydrogens (primary N) is 1. The van der Waals surface area contributed by atoms with Crippen molar-refractivity contribution in [3.05, 3.63) is 35.4 Å². The van der Waals surface area contributed by atoms with Crippen LogP contribution in [-0.2, 0) is 4.79 Å². The molecule has 160 valence electrons. The molecule has 1 unspecified atom stereocenters. The number of hydrogen-bond donors (Lipinski definition) is 1. The maximum absolute atomic E-state index is 13.9. The Balaban J connectivity index is 1.39. The van der Waals surface area contributed by atoms with Crippen molar-refractivity contribution < 1.29 is 18.4 Å². The van der Waals surface area contributed by atoms with E-state index >= 15 is 0 Å². The molecule has 3 rings (SSSR count). The number of halogens is 2. The zero-order chi connectivity index (χ0) is 21.0. The Kier molecular flexibility index (Phi) is 7.38. The normalized spacial score (nSPS) is 24.9. The van der Waals surface area contributed by atoms with E-state index < -0.39 is 11.6 Å². The number of primary amides is 1. The minimum atomic E-state index is -0.765. The third-order valence-electron chi connectivity index (χ3n) is 7.06. The van der Waals surface area contributed by atoms with Crippen LogP contribution < -0.4 is 5.73 Å². The first-order chi connectivity index (χ1) is 13.8. The van der Waals surface area contributed by atoms with E-state index in [0.29, 0.717) is 11.8 Å². The molecule has 1 aliphatic heterocycles. The molecule has 1 amide bonds. The third-order valence-corrected chi connectivity index (χ3v) is 7.06. The highest BCUT2D eigenvalue weighted by Crippen LogP contribution is 2.35. The first-order valence-electron chi connectivity index (χ1n) is 10.9. The number of hydrogen-bond acceptors (Lipinski definition) is 3. The Hall–Kier alpha value is -1.82. The lowest BCUT2D eigenvalue weighted by Gasteiger charge is -2.34. The van der Waals surface area contributed by atoms with Gasteiger partial charge in [-0.05, 0) is 75.7 Å². The van der Waals surface area contributed by atoms with Gasteiger partial charge in [0.1, 0.15) is 11.6 Å². The van der Waals surface area contributed by atoms with E-state index in [-0.39, 0.29) is 29.1 Å². The fraction of sp³-hybridized carbons (Fsp3) is 0.652. The Labute approximate surface area is 171 Å². The van der Waals surface area contributed by atoms with Gasteiger partial charge in [-0.15, -0.1) is 0 Å². The number of Topliss-reactive ketones (excluding diaryl/α,β-unsaturated/α-hetero) is 1. The number of piperidine rings is 1. The predicted octanol–water partition coefficient (Wildman–Crippen LogP) is 4.18. The van der Waals surface area contributed by atoms with Crippen molar-refractivity contribution in [2.75, 3.05) is 19.6 Å². The van der Waals surface area contributed by atoms with Gasteiger partial charge in [0.25, 0.3) is 0 Å². The van der Waals surface area contributed by atoms with Gasteiger partial charge in [-0.2, -0.15) is 0 Å². The molecule has 6 heteroatoms. The van der Waals surface area contributed by atoms with Crippen molar-refractivity contribution in [2.45, 2.75) is 51.9 Å². The second-order valence-corrected chi connectivity index (χ2v) is 8.86. The molecule has 0 aromatic heterocycles. The number of amides is 1. The summed E-state index contributed by atoms with van der Waals surface area (Å²) in [6.07, 6.45) is 7.05. The molecule has 1 aromatic carbocycles. The van der Waals surface area contributed by atoms with Crippen LogP contribution in [0, 0.1) is 35.3 Å². The van der Waals surface area contributed by atoms with Crippen LogP contribution in [0.15, 0.2) is 18.2 Å². The molecule has 29 heavy (non-hydrogen) atoms. The Morgan fingerprint density at radius 3 is 2.34 bits per heavy atom. The molecule has 1 saturated carbocycles. The van der Waals surface area contributed by atoms with Crippen LogP contribution in [0.2, 0.25) is 0 Å². The standard InChI is InChI=1S/C23H32F2N2O2/c1-15(23(26)29)17-4-2-16(3-5-17)8-11-27-12-9-18(10-13-27)22(28)20-7-6-19(24)14-21(20)25/h6-7,14-18H,2-5,8-13H2,1H3,(H2,26,29)/t15?,16-,17-. The summed E-state index contributed by atoms with van der Waals surface area (Å²) in [5.74, 6) is -0.909. The summed E-state index contributed by atoms with van der Waals surface area (Å²) in [6.45, 7) is 4.64. The molecule has 0 radical (unpaired) electrons. The lowest BCUT2D eigenvalue weighted by molar-refractivity contribution is -0.123. The lowest BCUT2D eigenvalue weighted by atomic mass is 9.75. The number of likely N-dealkylation sites (tertiary alicyclic amines) is 1. The molecular weight excluding hydrogens is 374 g/mol. The largest absolute Gasteiger partial charge is 0.369 e. The summed E-state index contributed by atoms with van der Waals surface area (Å²) in [4.78, 5) is 26.3. The molecule has 1 saturated heterocycles. The summed E-state index contributed by atoms with van der Waals surface area (Å²) >= 11 is 0. The van der Waals surface area contributed by atoms with Gasteiger partial charge >= 0.3 is 0 Å². The predicted molar refractivity (Wildman–Crippen MR) is 108 cm³/mol. The second kappa shape index (κ2) is 9.79. The maximum atomic E-state index is 13.9. The first kappa shape index (κ1) is 21.9. The van der Waals surface area contributed by atoms with Crippen LogP contribution in [0.4, 0.5) is 8.78 Å². The quantitative estimate of drug-likeness (QED) is 0.691. The minimum Gasteiger partial charge on any atom is -0.369 e. The van der Waals surface area contributed by atoms with E-state index in [4.69, 9.17) is 5.73 Å². The van der Waals surface area contributed by atoms with E-state index in [2.05, 4.69) is 4.90 Å². The maximum Gasteiger partial charge on any atom is 0.220 e. The number of carbonyl (C=O) groups excluding carboxylic acids is 2. The van der Waals surface area contributed by atoms with Gasteiger partial charge < -0.3 is 10.6 Å². The van der Waals surface area contributed by atoms with E-state index in [1.165, 1.54) is 6.07 Å². The number of ketones is 1. The molecule has 2 fully saturated rings. The van der Waals surface area contributed by atoms with Crippen molar-refractivity contribution in [2.24, 2.45) is 29.4 Å². The average Bonchev–Trinajstić information content (AvgIpc) is 2.72. The Morgan fingerprint density at radius 1 is 1.10 bits per heavy atom. The van der Waals surface area contributed by atoms with Crippen molar-refractivity contribution in [3.63, 3.8) is 0 Å². The van der Waals surface area contributed by atoms with Gasteiger partial charge in [0.15, 0.2) is 5.78 Å². The van der Waals surface area contributed by atoms with Crippen LogP contribution in [0.25, 0.3) is 0 Å². The van der Waals surface area contributed by atoms with Crippen molar-refractivity contribution in [3.8, 4) is 0 Å². The van der Waals surface area contributed by atoms with Gasteiger partial charge in [0, 0.05) is 17.9 Å². The molecule has 1 heterocycles. The highest BCUT2D eigenvalue weighted by atomic mass is 19.1. The van der Waals surface area contributed by atoms with E-state index in [1.54, 1.807) is 0 Å². The summed E-state index contributed by atoms with van der Waals surface area (Å²) in [7, 11) is 0. The molecule has 1 aliphatic carbocycles. The van der Waals surface area contributed by atoms with Gasteiger partial charge in [-0.25, -0.2) is 8.78 Å². The van der Waals surface area contributed by atoms with Gasteiger partial charge in [-0.3, -0.25) is 9.59 Å². The summed E-state index contributed by atoms with van der Waals surface area (Å²) in [5, 5.41) is 0. The zero-order valence-corrected chi connectivity index (χ0v) is 17.2. The Morgan fingerprint density at radius 2 is 1.76 bits per heavy atom. The number of benzene rings is 1. The highest BCUT2D eigenvalue weighted by molar-refractivity contribution is 5.98. The van der Waals surface area contributed by atoms with Gasteiger partial charge in [0.05, 0.1) is 5.56 Å². The number of nitrogens with zero attached hydrogens (tertiary/aromatic N) is 1. The highest BCUT2D eigenvalue weighted by Gasteiger charge is 2.30. The number of carbonyl (C=O) groups is 2. The lowest BCUT2D eigenvalue weighted by Crippen LogP contribution is -2.38. The SMILES string of the molecule is CC(C(N)=O)[C@H]1CC[C@H](CCN2CCC(C(=O)c3ccc(F)cc3F)CC2)CC1. The molecule has 1 atom stereocenters. The van der Waals surface area contributed by atoms with Crippen molar-refractivity contribution >= 4 is 11.7 Å². The Bertz CT molecular complexity index is 724. The molecule has 2 aliphatic rings. The van der Waals surface area contributed by atoms with Crippen LogP contribution in [0.1, 0.15) is 62.2 Å². The van der Waals surface area contributed by atoms with E-state index in [0.717, 1.165) is 76.7 Å². The zero-order valence-electron chi connectivity index (χ0n) is 17.2. The topological polar surface area (TPSA) is 63.4 Å². The van der Waals surface area contributed by atoms with Crippen LogP contribution >= 0.6 is 0 Å². The fourth-order valence-electron chi connectivity index (χ4n) is 4.90. The molecule has 2 N–H and O–H groups in total. The molecule has 4 nitrogen and oxygen atoms in total. The van der Waals surface area contributed by atoms with Gasteiger partial charge in [0.2, 0.25) is 5.91 Å². The molecular formula is C23H32F2N2O2. The van der Waals surface area contributed by atoms with Crippen LogP contribution in [0.3, 0.4) is 0 Å². The minimum absolute atomic E-state index is 0.00630. The summed E-state index contributed by atoms with van der Waals surface area (Å²) in [6, 6.07) is 3.18. The fourth-order valence-corrected chi connectivity index (χ4v) is 4.90. The van der Waals surface area contributed by atoms with Crippen LogP contribution in [0.5, 0.6) is 0 Å². The van der Waals surface area contributed by atoms with E-state index in [1.807, 2.05) is 6.92 Å². The second-order valence-electron chi connectivity index (χ2n) is 8.86. The summed E-state index contributed by atoms with van der Waals surface area (Å²) < 4.78 is 26.9. The molecule has 0 spiro atoms. The summed E-state index contributed by atoms with van der Waals surface area (Å²) in [5.41, 5.74) is 5.44. The third kappa shape index (κ3) is 5.62. The smallest absolute Gasteiger partial charge is 0.220 e.